The third kappa shape index (κ3) is 2.71. The average Bonchev–Trinajstić information content (AvgIpc) is 2.51. The van der Waals surface area contributed by atoms with Crippen molar-refractivity contribution in [3.8, 4) is 0 Å². The maximum absolute atomic E-state index is 14.7. The summed E-state index contributed by atoms with van der Waals surface area (Å²) in [6, 6.07) is 4.51. The van der Waals surface area contributed by atoms with E-state index >= 15 is 0 Å². The number of rotatable bonds is 2. The third-order valence-electron chi connectivity index (χ3n) is 4.33. The van der Waals surface area contributed by atoms with E-state index in [-0.39, 0.29) is 22.5 Å². The van der Waals surface area contributed by atoms with Gasteiger partial charge in [-0.05, 0) is 50.6 Å². The highest BCUT2D eigenvalue weighted by atomic mass is 19.3. The molecule has 0 amide bonds. The number of aromatic nitrogens is 1. The van der Waals surface area contributed by atoms with Crippen LogP contribution in [0.4, 0.5) is 22.0 Å². The van der Waals surface area contributed by atoms with Crippen LogP contribution in [0.5, 0.6) is 0 Å². The Hall–Kier alpha value is -2.31. The minimum Gasteiger partial charge on any atom is -0.271 e. The molecule has 1 aliphatic heterocycles. The van der Waals surface area contributed by atoms with Crippen molar-refractivity contribution in [2.24, 2.45) is 4.99 Å². The summed E-state index contributed by atoms with van der Waals surface area (Å²) < 4.78 is 68.7. The van der Waals surface area contributed by atoms with Crippen molar-refractivity contribution in [2.45, 2.75) is 38.7 Å². The molecule has 0 saturated carbocycles. The summed E-state index contributed by atoms with van der Waals surface area (Å²) in [6.45, 7) is 3.95. The summed E-state index contributed by atoms with van der Waals surface area (Å²) in [6.07, 6.45) is -1.55. The topological polar surface area (TPSA) is 25.2 Å². The maximum Gasteiger partial charge on any atom is 0.298 e. The Balaban J connectivity index is 2.23. The van der Waals surface area contributed by atoms with Crippen LogP contribution in [-0.4, -0.2) is 16.2 Å². The fraction of sp³-hybridized carbons (Fsp3) is 0.333. The largest absolute Gasteiger partial charge is 0.298 e. The molecule has 132 valence electrons. The molecule has 25 heavy (non-hydrogen) atoms. The average molecular weight is 354 g/mol. The SMILES string of the molecule is Cc1cc(C2=NC(C)(C)C(F)(F)c3cc(F)ccc32)cnc1C(F)F. The standard InChI is InChI=1S/C18H15F5N2/c1-9-6-10(8-24-14(9)16(20)21)15-12-5-4-11(19)7-13(12)18(22,23)17(2,3)25-15/h4-8,16H,1-3H3. The Labute approximate surface area is 141 Å². The first-order chi connectivity index (χ1) is 11.5. The predicted octanol–water partition coefficient (Wildman–Crippen LogP) is 5.19. The van der Waals surface area contributed by atoms with Gasteiger partial charge in [-0.1, -0.05) is 0 Å². The zero-order valence-electron chi connectivity index (χ0n) is 13.7. The molecular weight excluding hydrogens is 339 g/mol. The highest BCUT2D eigenvalue weighted by Gasteiger charge is 2.53. The lowest BCUT2D eigenvalue weighted by Gasteiger charge is -2.37. The fourth-order valence-corrected chi connectivity index (χ4v) is 2.89. The van der Waals surface area contributed by atoms with Crippen molar-refractivity contribution >= 4 is 5.71 Å². The predicted molar refractivity (Wildman–Crippen MR) is 83.9 cm³/mol. The van der Waals surface area contributed by atoms with Crippen molar-refractivity contribution in [3.63, 3.8) is 0 Å². The van der Waals surface area contributed by atoms with Gasteiger partial charge < -0.3 is 0 Å². The highest BCUT2D eigenvalue weighted by Crippen LogP contribution is 2.47. The molecule has 7 heteroatoms. The molecule has 0 saturated heterocycles. The first-order valence-electron chi connectivity index (χ1n) is 7.58. The molecule has 2 nitrogen and oxygen atoms in total. The monoisotopic (exact) mass is 354 g/mol. The number of pyridine rings is 1. The smallest absolute Gasteiger partial charge is 0.271 e. The Kier molecular flexibility index (Phi) is 3.93. The van der Waals surface area contributed by atoms with Crippen LogP contribution >= 0.6 is 0 Å². The molecule has 0 atom stereocenters. The minimum absolute atomic E-state index is 0.0664. The van der Waals surface area contributed by atoms with Crippen molar-refractivity contribution in [1.29, 1.82) is 0 Å². The van der Waals surface area contributed by atoms with Gasteiger partial charge in [-0.2, -0.15) is 8.78 Å². The molecule has 2 aromatic rings. The van der Waals surface area contributed by atoms with E-state index in [2.05, 4.69) is 9.98 Å². The highest BCUT2D eigenvalue weighted by molar-refractivity contribution is 6.14. The zero-order valence-corrected chi connectivity index (χ0v) is 13.7. The molecule has 1 aromatic heterocycles. The Morgan fingerprint density at radius 1 is 1.08 bits per heavy atom. The van der Waals surface area contributed by atoms with E-state index in [4.69, 9.17) is 0 Å². The first-order valence-corrected chi connectivity index (χ1v) is 7.58. The lowest BCUT2D eigenvalue weighted by atomic mass is 9.81. The lowest BCUT2D eigenvalue weighted by molar-refractivity contribution is -0.0684. The van der Waals surface area contributed by atoms with Gasteiger partial charge in [0.15, 0.2) is 0 Å². The molecule has 0 N–H and O–H groups in total. The maximum atomic E-state index is 14.7. The van der Waals surface area contributed by atoms with Crippen LogP contribution in [0, 0.1) is 12.7 Å². The van der Waals surface area contributed by atoms with Crippen LogP contribution in [0.1, 0.15) is 48.2 Å². The number of alkyl halides is 4. The van der Waals surface area contributed by atoms with E-state index in [1.54, 1.807) is 0 Å². The van der Waals surface area contributed by atoms with Gasteiger partial charge in [0, 0.05) is 22.9 Å². The Bertz CT molecular complexity index is 872. The molecule has 2 heterocycles. The van der Waals surface area contributed by atoms with E-state index < -0.39 is 29.3 Å². The zero-order chi connectivity index (χ0) is 18.6. The second-order valence-corrected chi connectivity index (χ2v) is 6.51. The molecular formula is C18H15F5N2. The number of nitrogens with zero attached hydrogens (tertiary/aromatic N) is 2. The molecule has 0 aliphatic carbocycles. The molecule has 3 rings (SSSR count). The summed E-state index contributed by atoms with van der Waals surface area (Å²) >= 11 is 0. The normalized spacial score (nSPS) is 18.0. The lowest BCUT2D eigenvalue weighted by Crippen LogP contribution is -2.44. The summed E-state index contributed by atoms with van der Waals surface area (Å²) in [5, 5.41) is 0. The van der Waals surface area contributed by atoms with Crippen LogP contribution in [0.2, 0.25) is 0 Å². The first kappa shape index (κ1) is 17.5. The van der Waals surface area contributed by atoms with Gasteiger partial charge in [0.25, 0.3) is 12.3 Å². The summed E-state index contributed by atoms with van der Waals surface area (Å²) in [4.78, 5) is 7.88. The van der Waals surface area contributed by atoms with Gasteiger partial charge in [-0.25, -0.2) is 13.2 Å². The van der Waals surface area contributed by atoms with Crippen molar-refractivity contribution < 1.29 is 22.0 Å². The van der Waals surface area contributed by atoms with Crippen LogP contribution in [0.25, 0.3) is 0 Å². The van der Waals surface area contributed by atoms with Gasteiger partial charge in [-0.15, -0.1) is 0 Å². The number of aliphatic imine (C=N–C) groups is 1. The van der Waals surface area contributed by atoms with Crippen LogP contribution < -0.4 is 0 Å². The number of fused-ring (bicyclic) bond motifs is 1. The third-order valence-corrected chi connectivity index (χ3v) is 4.33. The van der Waals surface area contributed by atoms with Gasteiger partial charge >= 0.3 is 0 Å². The molecule has 1 aromatic carbocycles. The number of hydrogen-bond donors (Lipinski definition) is 0. The second-order valence-electron chi connectivity index (χ2n) is 6.51. The molecule has 0 bridgehead atoms. The summed E-state index contributed by atoms with van der Waals surface area (Å²) in [5.41, 5.74) is -1.85. The van der Waals surface area contributed by atoms with Gasteiger partial charge in [-0.3, -0.25) is 9.98 Å². The summed E-state index contributed by atoms with van der Waals surface area (Å²) in [7, 11) is 0. The van der Waals surface area contributed by atoms with Gasteiger partial charge in [0.2, 0.25) is 0 Å². The Morgan fingerprint density at radius 3 is 2.36 bits per heavy atom. The fourth-order valence-electron chi connectivity index (χ4n) is 2.89. The second kappa shape index (κ2) is 5.61. The van der Waals surface area contributed by atoms with Crippen LogP contribution in [-0.2, 0) is 5.92 Å². The van der Waals surface area contributed by atoms with E-state index in [0.29, 0.717) is 5.56 Å². The van der Waals surface area contributed by atoms with Crippen molar-refractivity contribution in [1.82, 2.24) is 4.98 Å². The number of aryl methyl sites for hydroxylation is 1. The number of halogens is 5. The molecule has 0 spiro atoms. The molecule has 0 radical (unpaired) electrons. The molecule has 0 fully saturated rings. The Morgan fingerprint density at radius 2 is 1.76 bits per heavy atom. The van der Waals surface area contributed by atoms with Gasteiger partial charge in [0.05, 0.1) is 5.71 Å². The molecule has 1 aliphatic rings. The number of benzene rings is 1. The van der Waals surface area contributed by atoms with E-state index in [9.17, 15) is 22.0 Å². The van der Waals surface area contributed by atoms with Crippen molar-refractivity contribution in [3.05, 3.63) is 64.2 Å². The summed E-state index contributed by atoms with van der Waals surface area (Å²) in [5.74, 6) is -4.16. The van der Waals surface area contributed by atoms with E-state index in [1.165, 1.54) is 39.1 Å². The van der Waals surface area contributed by atoms with E-state index in [0.717, 1.165) is 12.1 Å². The van der Waals surface area contributed by atoms with E-state index in [1.807, 2.05) is 0 Å². The quantitative estimate of drug-likeness (QED) is 0.682. The van der Waals surface area contributed by atoms with Gasteiger partial charge in [0.1, 0.15) is 17.1 Å². The number of hydrogen-bond acceptors (Lipinski definition) is 2. The van der Waals surface area contributed by atoms with Crippen LogP contribution in [0.15, 0.2) is 35.5 Å². The molecule has 0 unspecified atom stereocenters. The van der Waals surface area contributed by atoms with Crippen LogP contribution in [0.3, 0.4) is 0 Å². The van der Waals surface area contributed by atoms with Crippen molar-refractivity contribution in [2.75, 3.05) is 0 Å². The minimum atomic E-state index is -3.38.